The van der Waals surface area contributed by atoms with Crippen LogP contribution in [0.3, 0.4) is 0 Å². The monoisotopic (exact) mass is 232 g/mol. The van der Waals surface area contributed by atoms with Crippen LogP contribution < -0.4 is 4.74 Å². The fourth-order valence-electron chi connectivity index (χ4n) is 1.92. The first kappa shape index (κ1) is 11.9. The van der Waals surface area contributed by atoms with Crippen LogP contribution in [0.25, 0.3) is 6.08 Å². The number of carbonyl (C=O) groups excluding carboxylic acids is 1. The molecule has 90 valence electrons. The Morgan fingerprint density at radius 3 is 2.88 bits per heavy atom. The van der Waals surface area contributed by atoms with Gasteiger partial charge < -0.3 is 9.84 Å². The third kappa shape index (κ3) is 2.56. The summed E-state index contributed by atoms with van der Waals surface area (Å²) in [4.78, 5) is 10.3. The summed E-state index contributed by atoms with van der Waals surface area (Å²) >= 11 is 0. The van der Waals surface area contributed by atoms with Crippen molar-refractivity contribution in [2.75, 3.05) is 0 Å². The van der Waals surface area contributed by atoms with E-state index in [1.54, 1.807) is 19.9 Å². The molecule has 1 aromatic carbocycles. The molecule has 0 bridgehead atoms. The van der Waals surface area contributed by atoms with E-state index in [9.17, 15) is 9.90 Å². The van der Waals surface area contributed by atoms with Gasteiger partial charge in [0.15, 0.2) is 0 Å². The normalized spacial score (nSPS) is 19.1. The fourth-order valence-corrected chi connectivity index (χ4v) is 1.92. The van der Waals surface area contributed by atoms with E-state index in [0.29, 0.717) is 6.42 Å². The van der Waals surface area contributed by atoms with E-state index >= 15 is 0 Å². The number of carbonyl (C=O) groups is 1. The molecule has 1 aromatic rings. The Balaban J connectivity index is 2.22. The molecule has 0 radical (unpaired) electrons. The molecule has 2 rings (SSSR count). The van der Waals surface area contributed by atoms with E-state index in [0.717, 1.165) is 23.2 Å². The van der Waals surface area contributed by atoms with E-state index in [1.165, 1.54) is 6.08 Å². The molecule has 0 saturated heterocycles. The SMILES string of the molecule is CC(C)(O)[C@@H]1Cc2cc(C=CC=O)ccc2O1. The summed E-state index contributed by atoms with van der Waals surface area (Å²) in [5.41, 5.74) is 1.19. The molecule has 3 heteroatoms. The van der Waals surface area contributed by atoms with E-state index in [4.69, 9.17) is 4.74 Å². The van der Waals surface area contributed by atoms with Crippen LogP contribution in [-0.2, 0) is 11.2 Å². The number of hydrogen-bond donors (Lipinski definition) is 1. The molecule has 1 aliphatic rings. The second-order valence-corrected chi connectivity index (χ2v) is 4.83. The van der Waals surface area contributed by atoms with Crippen molar-refractivity contribution in [2.24, 2.45) is 0 Å². The third-order valence-corrected chi connectivity index (χ3v) is 2.91. The van der Waals surface area contributed by atoms with Crippen LogP contribution in [0.2, 0.25) is 0 Å². The van der Waals surface area contributed by atoms with Crippen LogP contribution in [0, 0.1) is 0 Å². The van der Waals surface area contributed by atoms with Crippen molar-refractivity contribution in [3.05, 3.63) is 35.4 Å². The summed E-state index contributed by atoms with van der Waals surface area (Å²) in [5.74, 6) is 0.820. The summed E-state index contributed by atoms with van der Waals surface area (Å²) in [6.45, 7) is 3.49. The Bertz CT molecular complexity index is 455. The van der Waals surface area contributed by atoms with Crippen LogP contribution in [-0.4, -0.2) is 23.1 Å². The largest absolute Gasteiger partial charge is 0.487 e. The van der Waals surface area contributed by atoms with E-state index in [1.807, 2.05) is 18.2 Å². The zero-order valence-electron chi connectivity index (χ0n) is 10.0. The van der Waals surface area contributed by atoms with Gasteiger partial charge in [-0.25, -0.2) is 0 Å². The minimum absolute atomic E-state index is 0.206. The second-order valence-electron chi connectivity index (χ2n) is 4.83. The summed E-state index contributed by atoms with van der Waals surface area (Å²) in [7, 11) is 0. The quantitative estimate of drug-likeness (QED) is 0.640. The molecule has 0 aromatic heterocycles. The third-order valence-electron chi connectivity index (χ3n) is 2.91. The van der Waals surface area contributed by atoms with Gasteiger partial charge in [0.05, 0.1) is 5.60 Å². The zero-order valence-corrected chi connectivity index (χ0v) is 10.0. The minimum atomic E-state index is -0.849. The maximum atomic E-state index is 10.3. The van der Waals surface area contributed by atoms with Crippen molar-refractivity contribution in [3.63, 3.8) is 0 Å². The number of ether oxygens (including phenoxy) is 1. The molecule has 1 N–H and O–H groups in total. The highest BCUT2D eigenvalue weighted by Gasteiger charge is 2.34. The molecular formula is C14H16O3. The Morgan fingerprint density at radius 1 is 1.47 bits per heavy atom. The van der Waals surface area contributed by atoms with Gasteiger partial charge in [0.25, 0.3) is 0 Å². The predicted octanol–water partition coefficient (Wildman–Crippen LogP) is 1.97. The number of allylic oxidation sites excluding steroid dienone is 1. The van der Waals surface area contributed by atoms with Gasteiger partial charge in [-0.3, -0.25) is 4.79 Å². The number of rotatable bonds is 3. The van der Waals surface area contributed by atoms with Crippen molar-refractivity contribution >= 4 is 12.4 Å². The Hall–Kier alpha value is -1.61. The lowest BCUT2D eigenvalue weighted by atomic mass is 9.96. The van der Waals surface area contributed by atoms with Gasteiger partial charge >= 0.3 is 0 Å². The molecular weight excluding hydrogens is 216 g/mol. The maximum absolute atomic E-state index is 10.3. The van der Waals surface area contributed by atoms with Gasteiger partial charge in [0, 0.05) is 6.42 Å². The van der Waals surface area contributed by atoms with Gasteiger partial charge in [-0.2, -0.15) is 0 Å². The van der Waals surface area contributed by atoms with Crippen molar-refractivity contribution in [1.82, 2.24) is 0 Å². The number of fused-ring (bicyclic) bond motifs is 1. The summed E-state index contributed by atoms with van der Waals surface area (Å²) in [5, 5.41) is 9.91. The maximum Gasteiger partial charge on any atom is 0.142 e. The molecule has 0 amide bonds. The molecule has 0 spiro atoms. The highest BCUT2D eigenvalue weighted by Crippen LogP contribution is 2.33. The van der Waals surface area contributed by atoms with Crippen LogP contribution >= 0.6 is 0 Å². The Labute approximate surface area is 101 Å². The number of hydrogen-bond acceptors (Lipinski definition) is 3. The van der Waals surface area contributed by atoms with E-state index in [2.05, 4.69) is 0 Å². The molecule has 0 saturated carbocycles. The molecule has 1 heterocycles. The lowest BCUT2D eigenvalue weighted by molar-refractivity contribution is -0.104. The minimum Gasteiger partial charge on any atom is -0.487 e. The molecule has 0 fully saturated rings. The molecule has 1 atom stereocenters. The molecule has 17 heavy (non-hydrogen) atoms. The van der Waals surface area contributed by atoms with Crippen molar-refractivity contribution in [3.8, 4) is 5.75 Å². The number of aldehydes is 1. The van der Waals surface area contributed by atoms with Crippen LogP contribution in [0.4, 0.5) is 0 Å². The van der Waals surface area contributed by atoms with Crippen molar-refractivity contribution < 1.29 is 14.6 Å². The first-order chi connectivity index (χ1) is 8.00. The van der Waals surface area contributed by atoms with Gasteiger partial charge in [-0.15, -0.1) is 0 Å². The lowest BCUT2D eigenvalue weighted by Gasteiger charge is -2.24. The van der Waals surface area contributed by atoms with Crippen molar-refractivity contribution in [1.29, 1.82) is 0 Å². The highest BCUT2D eigenvalue weighted by atomic mass is 16.5. The fraction of sp³-hybridized carbons (Fsp3) is 0.357. The van der Waals surface area contributed by atoms with Gasteiger partial charge in [0.1, 0.15) is 18.1 Å². The second kappa shape index (κ2) is 4.34. The number of aliphatic hydroxyl groups is 1. The number of benzene rings is 1. The van der Waals surface area contributed by atoms with E-state index < -0.39 is 5.60 Å². The average molecular weight is 232 g/mol. The predicted molar refractivity (Wildman–Crippen MR) is 66.0 cm³/mol. The van der Waals surface area contributed by atoms with Gasteiger partial charge in [0.2, 0.25) is 0 Å². The summed E-state index contributed by atoms with van der Waals surface area (Å²) in [6, 6.07) is 5.76. The first-order valence-corrected chi connectivity index (χ1v) is 5.64. The summed E-state index contributed by atoms with van der Waals surface area (Å²) < 4.78 is 5.69. The Kier molecular flexibility index (Phi) is 3.03. The van der Waals surface area contributed by atoms with Gasteiger partial charge in [-0.1, -0.05) is 12.1 Å². The molecule has 0 aliphatic carbocycles. The first-order valence-electron chi connectivity index (χ1n) is 5.64. The smallest absolute Gasteiger partial charge is 0.142 e. The van der Waals surface area contributed by atoms with E-state index in [-0.39, 0.29) is 6.10 Å². The van der Waals surface area contributed by atoms with Crippen LogP contribution in [0.5, 0.6) is 5.75 Å². The standard InChI is InChI=1S/C14H16O3/c1-14(2,16)13-9-11-8-10(4-3-7-15)5-6-12(11)17-13/h3-8,13,16H,9H2,1-2H3/t13-/m0/s1. The average Bonchev–Trinajstić information content (AvgIpc) is 2.68. The highest BCUT2D eigenvalue weighted by molar-refractivity contribution is 5.74. The lowest BCUT2D eigenvalue weighted by Crippen LogP contribution is -2.39. The summed E-state index contributed by atoms with van der Waals surface area (Å²) in [6.07, 6.45) is 4.46. The van der Waals surface area contributed by atoms with Crippen LogP contribution in [0.15, 0.2) is 24.3 Å². The molecule has 3 nitrogen and oxygen atoms in total. The van der Waals surface area contributed by atoms with Gasteiger partial charge in [-0.05, 0) is 43.2 Å². The Morgan fingerprint density at radius 2 is 2.24 bits per heavy atom. The zero-order chi connectivity index (χ0) is 12.5. The molecule has 0 unspecified atom stereocenters. The van der Waals surface area contributed by atoms with Crippen molar-refractivity contribution in [2.45, 2.75) is 32.0 Å². The molecule has 1 aliphatic heterocycles. The topological polar surface area (TPSA) is 46.5 Å². The van der Waals surface area contributed by atoms with Crippen LogP contribution in [0.1, 0.15) is 25.0 Å².